The number of anilines is 2. The Morgan fingerprint density at radius 1 is 1.09 bits per heavy atom. The minimum absolute atomic E-state index is 0.506. The molecule has 0 spiro atoms. The van der Waals surface area contributed by atoms with Gasteiger partial charge in [-0.15, -0.1) is 11.3 Å². The van der Waals surface area contributed by atoms with Gasteiger partial charge >= 0.3 is 0 Å². The van der Waals surface area contributed by atoms with Crippen LogP contribution in [0.5, 0.6) is 0 Å². The van der Waals surface area contributed by atoms with E-state index < -0.39 is 0 Å². The number of hydrogen-bond donors (Lipinski definition) is 1. The Kier molecular flexibility index (Phi) is 4.29. The van der Waals surface area contributed by atoms with E-state index in [2.05, 4.69) is 44.4 Å². The lowest BCUT2D eigenvalue weighted by atomic mass is 10.0. The largest absolute Gasteiger partial charge is 0.359 e. The van der Waals surface area contributed by atoms with E-state index in [1.165, 1.54) is 5.56 Å². The summed E-state index contributed by atoms with van der Waals surface area (Å²) in [6.07, 6.45) is 2.22. The highest BCUT2D eigenvalue weighted by Crippen LogP contribution is 2.25. The average Bonchev–Trinajstić information content (AvgIpc) is 2.89. The lowest BCUT2D eigenvalue weighted by Gasteiger charge is -2.34. The predicted octanol–water partition coefficient (Wildman–Crippen LogP) is 3.25. The highest BCUT2D eigenvalue weighted by Gasteiger charge is 2.22. The Hall–Kier alpha value is -1.69. The maximum Gasteiger partial charge on any atom is 0.183 e. The summed E-state index contributed by atoms with van der Waals surface area (Å²) < 4.78 is 0. The highest BCUT2D eigenvalue weighted by atomic mass is 32.1. The van der Waals surface area contributed by atoms with Gasteiger partial charge in [0, 0.05) is 35.8 Å². The van der Waals surface area contributed by atoms with E-state index in [0.29, 0.717) is 6.04 Å². The van der Waals surface area contributed by atoms with Gasteiger partial charge in [-0.05, 0) is 40.5 Å². The second-order valence-corrected chi connectivity index (χ2v) is 6.86. The molecule has 6 heteroatoms. The van der Waals surface area contributed by atoms with E-state index in [9.17, 15) is 0 Å². The van der Waals surface area contributed by atoms with Crippen LogP contribution in [0, 0.1) is 27.7 Å². The van der Waals surface area contributed by atoms with Crippen molar-refractivity contribution in [3.8, 4) is 0 Å². The number of piperidine rings is 1. The number of hydrogen-bond acceptors (Lipinski definition) is 6. The van der Waals surface area contributed by atoms with E-state index in [4.69, 9.17) is 0 Å². The summed E-state index contributed by atoms with van der Waals surface area (Å²) in [6, 6.07) is 0.506. The van der Waals surface area contributed by atoms with Crippen LogP contribution in [0.4, 0.5) is 10.9 Å². The maximum atomic E-state index is 4.65. The Labute approximate surface area is 135 Å². The number of nitrogens with one attached hydrogen (secondary N) is 1. The molecular weight excluding hydrogens is 294 g/mol. The van der Waals surface area contributed by atoms with Crippen molar-refractivity contribution in [3.63, 3.8) is 0 Å². The van der Waals surface area contributed by atoms with Crippen molar-refractivity contribution in [2.75, 3.05) is 23.3 Å². The summed E-state index contributed by atoms with van der Waals surface area (Å²) in [5.74, 6) is 1.96. The zero-order chi connectivity index (χ0) is 15.7. The van der Waals surface area contributed by atoms with Crippen LogP contribution in [-0.2, 0) is 0 Å². The highest BCUT2D eigenvalue weighted by molar-refractivity contribution is 7.13. The molecule has 0 bridgehead atoms. The van der Waals surface area contributed by atoms with Gasteiger partial charge in [-0.1, -0.05) is 0 Å². The van der Waals surface area contributed by atoms with Crippen molar-refractivity contribution in [1.82, 2.24) is 15.0 Å². The van der Waals surface area contributed by atoms with Crippen LogP contribution in [0.3, 0.4) is 0 Å². The molecule has 3 heterocycles. The van der Waals surface area contributed by atoms with Gasteiger partial charge in [0.2, 0.25) is 0 Å². The first-order valence-electron chi connectivity index (χ1n) is 7.78. The number of aryl methyl sites for hydroxylation is 3. The zero-order valence-corrected chi connectivity index (χ0v) is 14.5. The maximum absolute atomic E-state index is 4.65. The fourth-order valence-corrected chi connectivity index (χ4v) is 3.66. The third kappa shape index (κ3) is 3.21. The molecule has 2 aromatic heterocycles. The molecule has 0 radical (unpaired) electrons. The van der Waals surface area contributed by atoms with Gasteiger partial charge in [0.25, 0.3) is 0 Å². The summed E-state index contributed by atoms with van der Waals surface area (Å²) >= 11 is 1.69. The molecule has 0 aromatic carbocycles. The SMILES string of the molecule is Cc1csc(NC2CCN(c3nc(C)nc(C)c3C)CC2)n1. The topological polar surface area (TPSA) is 53.9 Å². The Morgan fingerprint density at radius 3 is 2.45 bits per heavy atom. The number of thiazole rings is 1. The lowest BCUT2D eigenvalue weighted by Crippen LogP contribution is -2.40. The van der Waals surface area contributed by atoms with Crippen molar-refractivity contribution >= 4 is 22.3 Å². The normalized spacial score (nSPS) is 16.1. The van der Waals surface area contributed by atoms with Crippen LogP contribution in [-0.4, -0.2) is 34.1 Å². The summed E-state index contributed by atoms with van der Waals surface area (Å²) in [7, 11) is 0. The van der Waals surface area contributed by atoms with E-state index in [1.807, 2.05) is 13.8 Å². The second kappa shape index (κ2) is 6.20. The molecule has 0 amide bonds. The molecule has 1 aliphatic rings. The Bertz CT molecular complexity index is 659. The van der Waals surface area contributed by atoms with E-state index in [0.717, 1.165) is 54.1 Å². The molecule has 118 valence electrons. The zero-order valence-electron chi connectivity index (χ0n) is 13.7. The van der Waals surface area contributed by atoms with Gasteiger partial charge < -0.3 is 10.2 Å². The monoisotopic (exact) mass is 317 g/mol. The molecule has 5 nitrogen and oxygen atoms in total. The number of rotatable bonds is 3. The first-order chi connectivity index (χ1) is 10.5. The third-order valence-corrected chi connectivity index (χ3v) is 5.11. The summed E-state index contributed by atoms with van der Waals surface area (Å²) in [5, 5.41) is 6.69. The molecule has 22 heavy (non-hydrogen) atoms. The van der Waals surface area contributed by atoms with Crippen molar-refractivity contribution in [2.45, 2.75) is 46.6 Å². The van der Waals surface area contributed by atoms with Crippen LogP contribution in [0.2, 0.25) is 0 Å². The summed E-state index contributed by atoms with van der Waals surface area (Å²) in [5.41, 5.74) is 3.38. The number of nitrogens with zero attached hydrogens (tertiary/aromatic N) is 4. The fourth-order valence-electron chi connectivity index (χ4n) is 2.89. The molecule has 2 aromatic rings. The molecule has 0 saturated carbocycles. The van der Waals surface area contributed by atoms with Crippen molar-refractivity contribution in [3.05, 3.63) is 28.2 Å². The van der Waals surface area contributed by atoms with Crippen molar-refractivity contribution in [2.24, 2.45) is 0 Å². The second-order valence-electron chi connectivity index (χ2n) is 6.00. The fraction of sp³-hybridized carbons (Fsp3) is 0.562. The standard InChI is InChI=1S/C16H23N5S/c1-10-9-22-16(17-10)20-14-5-7-21(8-6-14)15-11(2)12(3)18-13(4)19-15/h9,14H,5-8H2,1-4H3,(H,17,20). The third-order valence-electron chi connectivity index (χ3n) is 4.22. The van der Waals surface area contributed by atoms with Crippen molar-refractivity contribution in [1.29, 1.82) is 0 Å². The van der Waals surface area contributed by atoms with Crippen LogP contribution in [0.25, 0.3) is 0 Å². The molecule has 1 N–H and O–H groups in total. The smallest absolute Gasteiger partial charge is 0.183 e. The molecule has 1 aliphatic heterocycles. The minimum Gasteiger partial charge on any atom is -0.359 e. The summed E-state index contributed by atoms with van der Waals surface area (Å²) in [4.78, 5) is 16.0. The summed E-state index contributed by atoms with van der Waals surface area (Å²) in [6.45, 7) is 10.2. The molecular formula is C16H23N5S. The first kappa shape index (κ1) is 15.2. The predicted molar refractivity (Wildman–Crippen MR) is 92.0 cm³/mol. The van der Waals surface area contributed by atoms with Gasteiger partial charge in [-0.3, -0.25) is 0 Å². The van der Waals surface area contributed by atoms with Gasteiger partial charge in [-0.25, -0.2) is 15.0 Å². The molecule has 0 atom stereocenters. The van der Waals surface area contributed by atoms with Gasteiger partial charge in [0.1, 0.15) is 11.6 Å². The first-order valence-corrected chi connectivity index (χ1v) is 8.66. The molecule has 3 rings (SSSR count). The molecule has 1 fully saturated rings. The average molecular weight is 317 g/mol. The number of aromatic nitrogens is 3. The molecule has 0 aliphatic carbocycles. The van der Waals surface area contributed by atoms with Gasteiger partial charge in [0.15, 0.2) is 5.13 Å². The quantitative estimate of drug-likeness (QED) is 0.942. The van der Waals surface area contributed by atoms with E-state index in [-0.39, 0.29) is 0 Å². The van der Waals surface area contributed by atoms with Crippen molar-refractivity contribution < 1.29 is 0 Å². The lowest BCUT2D eigenvalue weighted by molar-refractivity contribution is 0.522. The molecule has 1 saturated heterocycles. The van der Waals surface area contributed by atoms with Crippen LogP contribution >= 0.6 is 11.3 Å². The van der Waals surface area contributed by atoms with E-state index >= 15 is 0 Å². The van der Waals surface area contributed by atoms with Gasteiger partial charge in [-0.2, -0.15) is 0 Å². The van der Waals surface area contributed by atoms with Gasteiger partial charge in [0.05, 0.1) is 5.69 Å². The van der Waals surface area contributed by atoms with Crippen LogP contribution in [0.15, 0.2) is 5.38 Å². The van der Waals surface area contributed by atoms with Crippen LogP contribution < -0.4 is 10.2 Å². The minimum atomic E-state index is 0.506. The van der Waals surface area contributed by atoms with E-state index in [1.54, 1.807) is 11.3 Å². The Morgan fingerprint density at radius 2 is 1.82 bits per heavy atom. The van der Waals surface area contributed by atoms with Crippen LogP contribution in [0.1, 0.15) is 35.6 Å². The molecule has 0 unspecified atom stereocenters. The Balaban J connectivity index is 1.64.